The minimum atomic E-state index is -0.232. The number of hydrogen-bond donors (Lipinski definition) is 2. The molecule has 0 radical (unpaired) electrons. The maximum absolute atomic E-state index is 11.8. The first-order chi connectivity index (χ1) is 8.35. The predicted molar refractivity (Wildman–Crippen MR) is 75.8 cm³/mol. The van der Waals surface area contributed by atoms with Crippen LogP contribution in [0, 0.1) is 5.41 Å². The molecule has 1 aromatic heterocycles. The first-order valence-electron chi connectivity index (χ1n) is 5.95. The zero-order valence-corrected chi connectivity index (χ0v) is 12.6. The highest BCUT2D eigenvalue weighted by atomic mass is 79.9. The molecule has 5 nitrogen and oxygen atoms in total. The molecule has 0 atom stereocenters. The highest BCUT2D eigenvalue weighted by Crippen LogP contribution is 2.20. The molecule has 1 rings (SSSR count). The van der Waals surface area contributed by atoms with E-state index in [0.29, 0.717) is 10.2 Å². The van der Waals surface area contributed by atoms with Crippen LogP contribution in [0.3, 0.4) is 0 Å². The van der Waals surface area contributed by atoms with Crippen LogP contribution in [-0.4, -0.2) is 28.0 Å². The summed E-state index contributed by atoms with van der Waals surface area (Å²) in [5.41, 5.74) is 0.710. The molecule has 1 heterocycles. The predicted octanol–water partition coefficient (Wildman–Crippen LogP) is 1.85. The van der Waals surface area contributed by atoms with Gasteiger partial charge in [-0.2, -0.15) is 5.10 Å². The minimum absolute atomic E-state index is 0.101. The molecular formula is C12H20BrN3O2. The fourth-order valence-corrected chi connectivity index (χ4v) is 1.86. The molecule has 0 aliphatic rings. The summed E-state index contributed by atoms with van der Waals surface area (Å²) in [5, 5.41) is 16.0. The summed E-state index contributed by atoms with van der Waals surface area (Å²) in [4.78, 5) is 11.8. The largest absolute Gasteiger partial charge is 0.394 e. The summed E-state index contributed by atoms with van der Waals surface area (Å²) >= 11 is 3.26. The fourth-order valence-electron chi connectivity index (χ4n) is 1.41. The van der Waals surface area contributed by atoms with E-state index in [1.165, 1.54) is 4.68 Å². The smallest absolute Gasteiger partial charge is 0.283 e. The van der Waals surface area contributed by atoms with Crippen molar-refractivity contribution in [3.63, 3.8) is 0 Å². The number of aliphatic hydroxyl groups is 1. The molecular weight excluding hydrogens is 298 g/mol. The minimum Gasteiger partial charge on any atom is -0.394 e. The van der Waals surface area contributed by atoms with Crippen molar-refractivity contribution in [1.29, 1.82) is 0 Å². The summed E-state index contributed by atoms with van der Waals surface area (Å²) in [6.45, 7) is 7.40. The van der Waals surface area contributed by atoms with E-state index in [-0.39, 0.29) is 24.1 Å². The molecule has 0 aliphatic carbocycles. The average molecular weight is 318 g/mol. The number of nitrogens with zero attached hydrogens (tertiary/aromatic N) is 2. The van der Waals surface area contributed by atoms with Crippen LogP contribution < -0.4 is 10.9 Å². The van der Waals surface area contributed by atoms with Crippen LogP contribution in [0.2, 0.25) is 0 Å². The molecule has 0 saturated carbocycles. The summed E-state index contributed by atoms with van der Waals surface area (Å²) in [6, 6.07) is 0. The van der Waals surface area contributed by atoms with Gasteiger partial charge in [-0.15, -0.1) is 0 Å². The lowest BCUT2D eigenvalue weighted by molar-refractivity contribution is 0.266. The average Bonchev–Trinajstić information content (AvgIpc) is 2.27. The number of aliphatic hydroxyl groups excluding tert-OH is 1. The van der Waals surface area contributed by atoms with Crippen LogP contribution >= 0.6 is 15.9 Å². The molecule has 6 heteroatoms. The van der Waals surface area contributed by atoms with Crippen molar-refractivity contribution in [2.75, 3.05) is 18.5 Å². The molecule has 18 heavy (non-hydrogen) atoms. The van der Waals surface area contributed by atoms with E-state index in [2.05, 4.69) is 47.1 Å². The van der Waals surface area contributed by atoms with Gasteiger partial charge < -0.3 is 10.4 Å². The third kappa shape index (κ3) is 4.42. The van der Waals surface area contributed by atoms with E-state index in [1.54, 1.807) is 6.20 Å². The third-order valence-corrected chi connectivity index (χ3v) is 3.25. The summed E-state index contributed by atoms with van der Waals surface area (Å²) in [7, 11) is 0. The quantitative estimate of drug-likeness (QED) is 0.869. The SMILES string of the molecule is CC(C)(C)CCNc1cnn(CCO)c(=O)c1Br. The van der Waals surface area contributed by atoms with Gasteiger partial charge in [-0.25, -0.2) is 4.68 Å². The van der Waals surface area contributed by atoms with Crippen LogP contribution in [0.5, 0.6) is 0 Å². The Morgan fingerprint density at radius 2 is 2.17 bits per heavy atom. The fraction of sp³-hybridized carbons (Fsp3) is 0.667. The van der Waals surface area contributed by atoms with Crippen molar-refractivity contribution in [2.24, 2.45) is 5.41 Å². The second kappa shape index (κ2) is 6.33. The Kier molecular flexibility index (Phi) is 5.34. The van der Waals surface area contributed by atoms with Crippen LogP contribution in [0.15, 0.2) is 15.5 Å². The normalized spacial score (nSPS) is 11.6. The lowest BCUT2D eigenvalue weighted by Crippen LogP contribution is -2.26. The molecule has 0 aromatic carbocycles. The number of hydrogen-bond acceptors (Lipinski definition) is 4. The van der Waals surface area contributed by atoms with Gasteiger partial charge in [0.05, 0.1) is 25.0 Å². The van der Waals surface area contributed by atoms with Gasteiger partial charge in [-0.1, -0.05) is 20.8 Å². The van der Waals surface area contributed by atoms with Gasteiger partial charge in [-0.05, 0) is 27.8 Å². The maximum atomic E-state index is 11.8. The zero-order valence-electron chi connectivity index (χ0n) is 11.0. The molecule has 0 amide bonds. The van der Waals surface area contributed by atoms with E-state index in [0.717, 1.165) is 13.0 Å². The molecule has 102 valence electrons. The van der Waals surface area contributed by atoms with Crippen LogP contribution in [-0.2, 0) is 6.54 Å². The number of rotatable bonds is 5. The molecule has 0 aliphatic heterocycles. The molecule has 0 bridgehead atoms. The van der Waals surface area contributed by atoms with Gasteiger partial charge in [0, 0.05) is 6.54 Å². The van der Waals surface area contributed by atoms with Crippen LogP contribution in [0.4, 0.5) is 5.69 Å². The monoisotopic (exact) mass is 317 g/mol. The molecule has 1 aromatic rings. The standard InChI is InChI=1S/C12H20BrN3O2/c1-12(2,3)4-5-14-9-8-15-16(6-7-17)11(18)10(9)13/h8,14,17H,4-7H2,1-3H3. The maximum Gasteiger partial charge on any atom is 0.283 e. The second-order valence-corrected chi connectivity index (χ2v) is 6.15. The van der Waals surface area contributed by atoms with Gasteiger partial charge in [-0.3, -0.25) is 4.79 Å². The first kappa shape index (κ1) is 15.2. The van der Waals surface area contributed by atoms with E-state index >= 15 is 0 Å². The summed E-state index contributed by atoms with van der Waals surface area (Å²) < 4.78 is 1.69. The third-order valence-electron chi connectivity index (χ3n) is 2.49. The first-order valence-corrected chi connectivity index (χ1v) is 6.75. The lowest BCUT2D eigenvalue weighted by Gasteiger charge is -2.18. The molecule has 0 saturated heterocycles. The lowest BCUT2D eigenvalue weighted by atomic mass is 9.92. The van der Waals surface area contributed by atoms with Crippen molar-refractivity contribution in [2.45, 2.75) is 33.7 Å². The molecule has 2 N–H and O–H groups in total. The van der Waals surface area contributed by atoms with Crippen LogP contribution in [0.25, 0.3) is 0 Å². The van der Waals surface area contributed by atoms with E-state index in [1.807, 2.05) is 0 Å². The van der Waals surface area contributed by atoms with Gasteiger partial charge in [0.15, 0.2) is 0 Å². The molecule has 0 unspecified atom stereocenters. The van der Waals surface area contributed by atoms with Gasteiger partial charge in [0.1, 0.15) is 4.47 Å². The summed E-state index contributed by atoms with van der Waals surface area (Å²) in [5.74, 6) is 0. The van der Waals surface area contributed by atoms with Gasteiger partial charge in [0.2, 0.25) is 0 Å². The number of nitrogens with one attached hydrogen (secondary N) is 1. The Balaban J connectivity index is 2.74. The Morgan fingerprint density at radius 3 is 2.72 bits per heavy atom. The van der Waals surface area contributed by atoms with Crippen molar-refractivity contribution in [1.82, 2.24) is 9.78 Å². The zero-order chi connectivity index (χ0) is 13.8. The molecule has 0 spiro atoms. The Bertz CT molecular complexity index is 452. The number of anilines is 1. The Morgan fingerprint density at radius 1 is 1.50 bits per heavy atom. The van der Waals surface area contributed by atoms with Crippen molar-refractivity contribution in [3.8, 4) is 0 Å². The Labute approximate surface area is 115 Å². The Hall–Kier alpha value is -0.880. The topological polar surface area (TPSA) is 67.2 Å². The van der Waals surface area contributed by atoms with Gasteiger partial charge in [0.25, 0.3) is 5.56 Å². The highest BCUT2D eigenvalue weighted by molar-refractivity contribution is 9.10. The van der Waals surface area contributed by atoms with Crippen molar-refractivity contribution < 1.29 is 5.11 Å². The second-order valence-electron chi connectivity index (χ2n) is 5.36. The van der Waals surface area contributed by atoms with E-state index in [4.69, 9.17) is 5.11 Å². The molecule has 0 fully saturated rings. The highest BCUT2D eigenvalue weighted by Gasteiger charge is 2.11. The number of aromatic nitrogens is 2. The van der Waals surface area contributed by atoms with Crippen molar-refractivity contribution >= 4 is 21.6 Å². The van der Waals surface area contributed by atoms with Crippen LogP contribution in [0.1, 0.15) is 27.2 Å². The van der Waals surface area contributed by atoms with Gasteiger partial charge >= 0.3 is 0 Å². The van der Waals surface area contributed by atoms with E-state index in [9.17, 15) is 4.79 Å². The summed E-state index contributed by atoms with van der Waals surface area (Å²) in [6.07, 6.45) is 2.60. The number of halogens is 1. The van der Waals surface area contributed by atoms with Crippen molar-refractivity contribution in [3.05, 3.63) is 21.0 Å². The van der Waals surface area contributed by atoms with E-state index < -0.39 is 0 Å².